The molecule has 0 radical (unpaired) electrons. The lowest BCUT2D eigenvalue weighted by Gasteiger charge is -2.22. The van der Waals surface area contributed by atoms with Gasteiger partial charge in [-0.15, -0.1) is 11.3 Å². The van der Waals surface area contributed by atoms with Crippen LogP contribution in [0.15, 0.2) is 22.6 Å². The summed E-state index contributed by atoms with van der Waals surface area (Å²) in [5, 5.41) is 7.70. The molecule has 2 aromatic rings. The molecule has 3 heterocycles. The molecule has 1 amide bonds. The lowest BCUT2D eigenvalue weighted by atomic mass is 9.90. The van der Waals surface area contributed by atoms with Gasteiger partial charge < -0.3 is 9.30 Å². The van der Waals surface area contributed by atoms with E-state index in [0.29, 0.717) is 12.2 Å². The van der Waals surface area contributed by atoms with Crippen molar-refractivity contribution >= 4 is 39.1 Å². The van der Waals surface area contributed by atoms with E-state index < -0.39 is 5.97 Å². The van der Waals surface area contributed by atoms with E-state index in [1.807, 2.05) is 42.9 Å². The second-order valence-electron chi connectivity index (χ2n) is 6.52. The monoisotopic (exact) mass is 333 g/mol. The molecule has 0 unspecified atom stereocenters. The van der Waals surface area contributed by atoms with Crippen LogP contribution >= 0.6 is 11.3 Å². The van der Waals surface area contributed by atoms with Crippen molar-refractivity contribution in [1.29, 1.82) is 0 Å². The Hall–Kier alpha value is -2.15. The third-order valence-electron chi connectivity index (χ3n) is 3.90. The second kappa shape index (κ2) is 5.49. The van der Waals surface area contributed by atoms with Gasteiger partial charge in [0.05, 0.1) is 29.6 Å². The molecule has 2 aromatic heterocycles. The quantitative estimate of drug-likeness (QED) is 0.794. The Morgan fingerprint density at radius 2 is 2.17 bits per heavy atom. The van der Waals surface area contributed by atoms with Crippen molar-refractivity contribution in [3.63, 3.8) is 0 Å². The fourth-order valence-corrected chi connectivity index (χ4v) is 3.33. The second-order valence-corrected chi connectivity index (χ2v) is 7.47. The van der Waals surface area contributed by atoms with Crippen molar-refractivity contribution in [3.05, 3.63) is 23.2 Å². The first-order chi connectivity index (χ1) is 10.8. The van der Waals surface area contributed by atoms with Crippen LogP contribution in [0.3, 0.4) is 0 Å². The molecule has 1 aliphatic heterocycles. The van der Waals surface area contributed by atoms with Crippen LogP contribution in [0, 0.1) is 5.41 Å². The molecule has 0 saturated heterocycles. The van der Waals surface area contributed by atoms with Crippen molar-refractivity contribution in [2.45, 2.75) is 27.3 Å². The standard InChI is InChI=1S/C16H19N3O3S/c1-16(2,3)13-8-18-10-5-6-23-12(10)7-11(18)15(21)19(17-13)9-14(20)22-4/h5-7H,8-9H2,1-4H3. The van der Waals surface area contributed by atoms with Crippen LogP contribution in [-0.2, 0) is 16.1 Å². The van der Waals surface area contributed by atoms with Crippen LogP contribution in [0.4, 0.5) is 0 Å². The number of methoxy groups -OCH3 is 1. The molecule has 23 heavy (non-hydrogen) atoms. The third kappa shape index (κ3) is 2.76. The normalized spacial score (nSPS) is 15.4. The maximum Gasteiger partial charge on any atom is 0.327 e. The van der Waals surface area contributed by atoms with Gasteiger partial charge in [-0.3, -0.25) is 9.59 Å². The smallest absolute Gasteiger partial charge is 0.327 e. The number of aromatic nitrogens is 1. The minimum atomic E-state index is -0.489. The van der Waals surface area contributed by atoms with Gasteiger partial charge in [0.2, 0.25) is 0 Å². The van der Waals surface area contributed by atoms with Gasteiger partial charge in [-0.05, 0) is 17.5 Å². The van der Waals surface area contributed by atoms with Crippen molar-refractivity contribution in [2.75, 3.05) is 13.7 Å². The van der Waals surface area contributed by atoms with Crippen molar-refractivity contribution in [2.24, 2.45) is 10.5 Å². The summed E-state index contributed by atoms with van der Waals surface area (Å²) in [5.41, 5.74) is 2.20. The molecule has 122 valence electrons. The van der Waals surface area contributed by atoms with Crippen LogP contribution in [0.25, 0.3) is 10.2 Å². The van der Waals surface area contributed by atoms with Gasteiger partial charge in [0.1, 0.15) is 12.2 Å². The number of rotatable bonds is 2. The number of carbonyl (C=O) groups is 2. The number of carbonyl (C=O) groups excluding carboxylic acids is 2. The number of hydrogen-bond donors (Lipinski definition) is 0. The number of thiophene rings is 1. The molecule has 1 aliphatic rings. The molecule has 0 N–H and O–H groups in total. The van der Waals surface area contributed by atoms with E-state index in [0.717, 1.165) is 15.9 Å². The highest BCUT2D eigenvalue weighted by atomic mass is 32.1. The molecule has 0 atom stereocenters. The SMILES string of the molecule is COC(=O)CN1N=C(C(C)(C)C)Cn2c(cc3sccc32)C1=O. The molecule has 0 fully saturated rings. The molecule has 0 spiro atoms. The zero-order valence-corrected chi connectivity index (χ0v) is 14.4. The summed E-state index contributed by atoms with van der Waals surface area (Å²) in [6, 6.07) is 3.88. The minimum absolute atomic E-state index is 0.187. The Morgan fingerprint density at radius 3 is 2.83 bits per heavy atom. The predicted octanol–water partition coefficient (Wildman–Crippen LogP) is 2.73. The summed E-state index contributed by atoms with van der Waals surface area (Å²) in [7, 11) is 1.30. The molecule has 0 aromatic carbocycles. The number of fused-ring (bicyclic) bond motifs is 3. The highest BCUT2D eigenvalue weighted by Gasteiger charge is 2.31. The maximum absolute atomic E-state index is 12.8. The van der Waals surface area contributed by atoms with Gasteiger partial charge in [0.25, 0.3) is 5.91 Å². The summed E-state index contributed by atoms with van der Waals surface area (Å²) in [6.07, 6.45) is 0. The first-order valence-corrected chi connectivity index (χ1v) is 8.22. The average molecular weight is 333 g/mol. The minimum Gasteiger partial charge on any atom is -0.468 e. The fraction of sp³-hybridized carbons (Fsp3) is 0.438. The summed E-state index contributed by atoms with van der Waals surface area (Å²) in [5.74, 6) is -0.768. The van der Waals surface area contributed by atoms with Crippen LogP contribution in [-0.4, -0.2) is 40.8 Å². The molecule has 3 rings (SSSR count). The summed E-state index contributed by atoms with van der Waals surface area (Å²) < 4.78 is 7.73. The van der Waals surface area contributed by atoms with Gasteiger partial charge in [-0.2, -0.15) is 5.10 Å². The highest BCUT2D eigenvalue weighted by molar-refractivity contribution is 7.17. The fourth-order valence-electron chi connectivity index (χ4n) is 2.51. The largest absolute Gasteiger partial charge is 0.468 e. The number of amides is 1. The van der Waals surface area contributed by atoms with Crippen LogP contribution in [0.5, 0.6) is 0 Å². The Balaban J connectivity index is 2.13. The number of esters is 1. The predicted molar refractivity (Wildman–Crippen MR) is 89.8 cm³/mol. The van der Waals surface area contributed by atoms with Gasteiger partial charge in [0.15, 0.2) is 0 Å². The first-order valence-electron chi connectivity index (χ1n) is 7.34. The molecule has 0 saturated carbocycles. The van der Waals surface area contributed by atoms with Gasteiger partial charge in [0, 0.05) is 5.41 Å². The number of ether oxygens (including phenoxy) is 1. The van der Waals surface area contributed by atoms with E-state index >= 15 is 0 Å². The highest BCUT2D eigenvalue weighted by Crippen LogP contribution is 2.30. The average Bonchev–Trinajstić information content (AvgIpc) is 3.02. The Labute approximate surface area is 138 Å². The molecular weight excluding hydrogens is 314 g/mol. The molecule has 0 aliphatic carbocycles. The van der Waals surface area contributed by atoms with E-state index in [9.17, 15) is 9.59 Å². The zero-order chi connectivity index (χ0) is 16.8. The van der Waals surface area contributed by atoms with E-state index in [1.165, 1.54) is 12.1 Å². The summed E-state index contributed by atoms with van der Waals surface area (Å²) in [6.45, 7) is 6.49. The summed E-state index contributed by atoms with van der Waals surface area (Å²) in [4.78, 5) is 24.5. The van der Waals surface area contributed by atoms with Crippen molar-refractivity contribution in [1.82, 2.24) is 9.58 Å². The summed E-state index contributed by atoms with van der Waals surface area (Å²) >= 11 is 1.59. The molecular formula is C16H19N3O3S. The Bertz CT molecular complexity index is 810. The number of hydrazone groups is 1. The van der Waals surface area contributed by atoms with Gasteiger partial charge >= 0.3 is 5.97 Å². The van der Waals surface area contributed by atoms with E-state index in [4.69, 9.17) is 0 Å². The lowest BCUT2D eigenvalue weighted by Crippen LogP contribution is -2.33. The maximum atomic E-state index is 12.8. The first kappa shape index (κ1) is 15.7. The number of nitrogens with zero attached hydrogens (tertiary/aromatic N) is 3. The van der Waals surface area contributed by atoms with Gasteiger partial charge in [-0.1, -0.05) is 20.8 Å². The molecule has 6 nitrogen and oxygen atoms in total. The van der Waals surface area contributed by atoms with Gasteiger partial charge in [-0.25, -0.2) is 5.01 Å². The molecule has 7 heteroatoms. The van der Waals surface area contributed by atoms with Crippen LogP contribution in [0.2, 0.25) is 0 Å². The van der Waals surface area contributed by atoms with Crippen LogP contribution < -0.4 is 0 Å². The third-order valence-corrected chi connectivity index (χ3v) is 4.75. The number of hydrogen-bond acceptors (Lipinski definition) is 5. The zero-order valence-electron chi connectivity index (χ0n) is 13.6. The lowest BCUT2D eigenvalue weighted by molar-refractivity contribution is -0.141. The van der Waals surface area contributed by atoms with E-state index in [2.05, 4.69) is 9.84 Å². The Kier molecular flexibility index (Phi) is 3.75. The van der Waals surface area contributed by atoms with E-state index in [-0.39, 0.29) is 17.9 Å². The van der Waals surface area contributed by atoms with Crippen molar-refractivity contribution in [3.8, 4) is 0 Å². The Morgan fingerprint density at radius 1 is 1.43 bits per heavy atom. The molecule has 0 bridgehead atoms. The van der Waals surface area contributed by atoms with Crippen LogP contribution in [0.1, 0.15) is 31.3 Å². The van der Waals surface area contributed by atoms with Crippen molar-refractivity contribution < 1.29 is 14.3 Å². The topological polar surface area (TPSA) is 63.9 Å². The van der Waals surface area contributed by atoms with E-state index in [1.54, 1.807) is 11.3 Å².